The van der Waals surface area contributed by atoms with Crippen LogP contribution in [0, 0.1) is 16.7 Å². The van der Waals surface area contributed by atoms with Crippen LogP contribution in [0.5, 0.6) is 5.88 Å². The topological polar surface area (TPSA) is 110 Å². The normalized spacial score (nSPS) is 22.4. The van der Waals surface area contributed by atoms with E-state index in [2.05, 4.69) is 44.3 Å². The Kier molecular flexibility index (Phi) is 4.69. The van der Waals surface area contributed by atoms with E-state index in [4.69, 9.17) is 14.5 Å². The number of hydrogen-bond donors (Lipinski definition) is 1. The van der Waals surface area contributed by atoms with Crippen molar-refractivity contribution >= 4 is 21.9 Å². The van der Waals surface area contributed by atoms with Crippen LogP contribution >= 0.6 is 0 Å². The van der Waals surface area contributed by atoms with Crippen LogP contribution in [0.1, 0.15) is 36.8 Å². The van der Waals surface area contributed by atoms with Gasteiger partial charge in [-0.25, -0.2) is 9.67 Å². The first-order chi connectivity index (χ1) is 20.1. The highest BCUT2D eigenvalue weighted by Crippen LogP contribution is 2.54. The van der Waals surface area contributed by atoms with Crippen LogP contribution in [0.3, 0.4) is 0 Å². The number of nitrogens with one attached hydrogen (secondary N) is 1. The number of nitrogens with zero attached hydrogens (tertiary/aromatic N) is 7. The van der Waals surface area contributed by atoms with Crippen LogP contribution in [0.4, 0.5) is 0 Å². The molecular formula is C31H30N8O2. The van der Waals surface area contributed by atoms with Crippen molar-refractivity contribution in [1.82, 2.24) is 34.4 Å². The van der Waals surface area contributed by atoms with Gasteiger partial charge in [-0.05, 0) is 42.4 Å². The third kappa shape index (κ3) is 3.33. The van der Waals surface area contributed by atoms with Gasteiger partial charge < -0.3 is 14.5 Å². The molecular weight excluding hydrogens is 516 g/mol. The number of fused-ring (bicyclic) bond motifs is 6. The average Bonchev–Trinajstić information content (AvgIpc) is 3.61. The molecule has 1 spiro atoms. The summed E-state index contributed by atoms with van der Waals surface area (Å²) in [6, 6.07) is 8.97. The van der Waals surface area contributed by atoms with Crippen LogP contribution in [0.25, 0.3) is 44.3 Å². The molecule has 2 fully saturated rings. The lowest BCUT2D eigenvalue weighted by molar-refractivity contribution is -0.0296. The largest absolute Gasteiger partial charge is 0.475 e. The Morgan fingerprint density at radius 1 is 1.12 bits per heavy atom. The molecule has 0 radical (unpaired) electrons. The number of hydrogen-bond acceptors (Lipinski definition) is 7. The number of ether oxygens (including phenoxy) is 2. The Morgan fingerprint density at radius 3 is 2.93 bits per heavy atom. The molecule has 0 unspecified atom stereocenters. The van der Waals surface area contributed by atoms with Gasteiger partial charge in [0.05, 0.1) is 48.4 Å². The lowest BCUT2D eigenvalue weighted by Gasteiger charge is -2.27. The van der Waals surface area contributed by atoms with Crippen molar-refractivity contribution in [2.24, 2.45) is 12.5 Å². The van der Waals surface area contributed by atoms with Crippen molar-refractivity contribution < 1.29 is 9.47 Å². The molecule has 10 heteroatoms. The van der Waals surface area contributed by atoms with Crippen LogP contribution in [0.15, 0.2) is 36.8 Å². The second-order valence-corrected chi connectivity index (χ2v) is 12.3. The van der Waals surface area contributed by atoms with Crippen LogP contribution in [-0.4, -0.2) is 60.7 Å². The van der Waals surface area contributed by atoms with Gasteiger partial charge in [-0.2, -0.15) is 15.5 Å². The second kappa shape index (κ2) is 8.18. The van der Waals surface area contributed by atoms with E-state index in [1.54, 1.807) is 0 Å². The van der Waals surface area contributed by atoms with Crippen molar-refractivity contribution in [2.75, 3.05) is 26.2 Å². The molecule has 1 N–H and O–H groups in total. The number of aromatic nitrogens is 6. The maximum absolute atomic E-state index is 9.39. The molecule has 1 aromatic carbocycles. The van der Waals surface area contributed by atoms with Gasteiger partial charge in [0.15, 0.2) is 0 Å². The Balaban J connectivity index is 1.24. The Labute approximate surface area is 236 Å². The molecule has 1 aliphatic carbocycles. The molecule has 0 amide bonds. The monoisotopic (exact) mass is 546 g/mol. The van der Waals surface area contributed by atoms with Crippen molar-refractivity contribution in [2.45, 2.75) is 44.4 Å². The Bertz CT molecular complexity index is 1920. The third-order valence-electron chi connectivity index (χ3n) is 9.78. The Morgan fingerprint density at radius 2 is 2.05 bits per heavy atom. The summed E-state index contributed by atoms with van der Waals surface area (Å²) in [6.07, 6.45) is 9.68. The van der Waals surface area contributed by atoms with Crippen molar-refractivity contribution in [3.05, 3.63) is 47.9 Å². The number of likely N-dealkylation sites (tertiary alicyclic amines) is 1. The second-order valence-electron chi connectivity index (χ2n) is 12.3. The van der Waals surface area contributed by atoms with Crippen molar-refractivity contribution in [3.63, 3.8) is 0 Å². The summed E-state index contributed by atoms with van der Waals surface area (Å²) in [6.45, 7) is 4.71. The number of pyridine rings is 1. The fraction of sp³-hybridized carbons (Fsp3) is 0.419. The van der Waals surface area contributed by atoms with E-state index in [9.17, 15) is 5.26 Å². The standard InChI is InChI=1S/C31H30N8O2/c1-37-23-3-2-19(12-20(23)14-34-37)24-25-26-21(13-33-28(25)36-27(24)22-15-35-39-10-11-40-29(22)39)16-41-31(26)7-9-38(18-31)17-30(4-5-30)6-8-32/h2-3,12-15H,4-7,9-11,16-18H2,1H3,(H,33,36)/t31-/m1/s1. The molecule has 4 aliphatic rings. The molecule has 10 nitrogen and oxygen atoms in total. The fourth-order valence-corrected chi connectivity index (χ4v) is 7.53. The van der Waals surface area contributed by atoms with Crippen molar-refractivity contribution in [1.29, 1.82) is 5.26 Å². The lowest BCUT2D eigenvalue weighted by atomic mass is 9.86. The van der Waals surface area contributed by atoms with Gasteiger partial charge in [0.1, 0.15) is 17.9 Å². The van der Waals surface area contributed by atoms with Gasteiger partial charge in [-0.15, -0.1) is 0 Å². The highest BCUT2D eigenvalue weighted by molar-refractivity contribution is 6.06. The first kappa shape index (κ1) is 23.5. The van der Waals surface area contributed by atoms with E-state index < -0.39 is 5.60 Å². The van der Waals surface area contributed by atoms with Gasteiger partial charge in [-0.3, -0.25) is 9.58 Å². The molecule has 0 bridgehead atoms. The predicted molar refractivity (Wildman–Crippen MR) is 152 cm³/mol. The molecule has 1 saturated carbocycles. The smallest absolute Gasteiger partial charge is 0.221 e. The van der Waals surface area contributed by atoms with Gasteiger partial charge in [0.2, 0.25) is 5.88 Å². The van der Waals surface area contributed by atoms with E-state index in [0.717, 1.165) is 101 Å². The van der Waals surface area contributed by atoms with Crippen LogP contribution in [0.2, 0.25) is 0 Å². The van der Waals surface area contributed by atoms with Gasteiger partial charge >= 0.3 is 0 Å². The minimum atomic E-state index is -0.399. The summed E-state index contributed by atoms with van der Waals surface area (Å²) in [4.78, 5) is 11.1. The van der Waals surface area contributed by atoms with Gasteiger partial charge in [0.25, 0.3) is 0 Å². The van der Waals surface area contributed by atoms with E-state index in [1.807, 2.05) is 35.0 Å². The fourth-order valence-electron chi connectivity index (χ4n) is 7.53. The molecule has 4 aromatic heterocycles. The number of nitriles is 1. The minimum Gasteiger partial charge on any atom is -0.475 e. The zero-order valence-electron chi connectivity index (χ0n) is 23.0. The molecule has 1 atom stereocenters. The van der Waals surface area contributed by atoms with E-state index >= 15 is 0 Å². The quantitative estimate of drug-likeness (QED) is 0.346. The number of rotatable bonds is 5. The molecule has 1 saturated heterocycles. The van der Waals surface area contributed by atoms with E-state index in [0.29, 0.717) is 19.6 Å². The summed E-state index contributed by atoms with van der Waals surface area (Å²) in [7, 11) is 1.97. The number of aromatic amines is 1. The summed E-state index contributed by atoms with van der Waals surface area (Å²) >= 11 is 0. The van der Waals surface area contributed by atoms with Gasteiger partial charge in [-0.1, -0.05) is 6.07 Å². The zero-order valence-corrected chi connectivity index (χ0v) is 23.0. The highest BCUT2D eigenvalue weighted by atomic mass is 16.5. The molecule has 41 heavy (non-hydrogen) atoms. The van der Waals surface area contributed by atoms with Crippen LogP contribution < -0.4 is 4.74 Å². The first-order valence-electron chi connectivity index (χ1n) is 14.4. The molecule has 206 valence electrons. The van der Waals surface area contributed by atoms with Gasteiger partial charge in [0, 0.05) is 66.8 Å². The number of benzene rings is 1. The minimum absolute atomic E-state index is 0.170. The summed E-state index contributed by atoms with van der Waals surface area (Å²) < 4.78 is 16.6. The summed E-state index contributed by atoms with van der Waals surface area (Å²) in [5, 5.41) is 20.7. The molecule has 7 heterocycles. The summed E-state index contributed by atoms with van der Waals surface area (Å²) in [5.74, 6) is 0.794. The maximum Gasteiger partial charge on any atom is 0.221 e. The number of aryl methyl sites for hydroxylation is 1. The molecule has 5 aromatic rings. The maximum atomic E-state index is 9.39. The van der Waals surface area contributed by atoms with Crippen molar-refractivity contribution in [3.8, 4) is 34.3 Å². The molecule has 9 rings (SSSR count). The lowest BCUT2D eigenvalue weighted by Crippen LogP contribution is -2.34. The zero-order chi connectivity index (χ0) is 27.3. The Hall–Kier alpha value is -4.20. The summed E-state index contributed by atoms with van der Waals surface area (Å²) in [5.41, 5.74) is 8.24. The molecule has 3 aliphatic heterocycles. The first-order valence-corrected chi connectivity index (χ1v) is 14.4. The van der Waals surface area contributed by atoms with E-state index in [1.165, 1.54) is 5.56 Å². The SMILES string of the molecule is Cn1ncc2cc(-c3c(-c4cnn5c4OCC5)[nH]c4ncc5c(c34)[C@]3(CCN(CC4(CC#N)CC4)C3)OC5)ccc21. The third-order valence-corrected chi connectivity index (χ3v) is 9.78. The van der Waals surface area contributed by atoms with Crippen LogP contribution in [-0.2, 0) is 30.5 Å². The average molecular weight is 547 g/mol. The predicted octanol–water partition coefficient (Wildman–Crippen LogP) is 4.50. The van der Waals surface area contributed by atoms with E-state index in [-0.39, 0.29) is 5.41 Å². The number of H-pyrrole nitrogens is 1. The highest BCUT2D eigenvalue weighted by Gasteiger charge is 2.51.